The zero-order valence-corrected chi connectivity index (χ0v) is 20.0. The number of carbonyl (C=O) groups is 2. The fraction of sp³-hybridized carbons (Fsp3) is 0.296. The van der Waals surface area contributed by atoms with Crippen molar-refractivity contribution in [3.63, 3.8) is 0 Å². The van der Waals surface area contributed by atoms with Crippen molar-refractivity contribution in [3.8, 4) is 5.88 Å². The first-order valence-electron chi connectivity index (χ1n) is 11.9. The molecule has 5 heterocycles. The van der Waals surface area contributed by atoms with Crippen molar-refractivity contribution in [3.05, 3.63) is 83.6 Å². The van der Waals surface area contributed by atoms with Crippen LogP contribution in [0.4, 0.5) is 0 Å². The predicted molar refractivity (Wildman–Crippen MR) is 133 cm³/mol. The van der Waals surface area contributed by atoms with Gasteiger partial charge in [-0.05, 0) is 60.7 Å². The molecule has 0 aliphatic carbocycles. The summed E-state index contributed by atoms with van der Waals surface area (Å²) >= 11 is 0. The van der Waals surface area contributed by atoms with E-state index in [1.165, 1.54) is 7.11 Å². The molecule has 9 nitrogen and oxygen atoms in total. The summed E-state index contributed by atoms with van der Waals surface area (Å²) in [5.74, 6) is -0.703. The van der Waals surface area contributed by atoms with Crippen molar-refractivity contribution in [2.24, 2.45) is 0 Å². The molecule has 0 aromatic carbocycles. The number of fused-ring (bicyclic) bond motifs is 2. The average molecular weight is 486 g/mol. The second-order valence-electron chi connectivity index (χ2n) is 8.88. The van der Waals surface area contributed by atoms with Crippen LogP contribution in [-0.2, 0) is 24.2 Å². The molecule has 5 rings (SSSR count). The number of hydrogen-bond acceptors (Lipinski definition) is 6. The van der Waals surface area contributed by atoms with E-state index in [0.29, 0.717) is 30.2 Å². The molecule has 0 saturated heterocycles. The van der Waals surface area contributed by atoms with E-state index in [1.54, 1.807) is 29.4 Å². The molecule has 0 radical (unpaired) electrons. The monoisotopic (exact) mass is 485 g/mol. The van der Waals surface area contributed by atoms with Crippen LogP contribution in [-0.4, -0.2) is 55.1 Å². The largest absolute Gasteiger partial charge is 0.481 e. The summed E-state index contributed by atoms with van der Waals surface area (Å²) < 4.78 is 7.08. The van der Waals surface area contributed by atoms with Crippen LogP contribution in [0.15, 0.2) is 61.1 Å². The molecule has 1 N–H and O–H groups in total. The Morgan fingerprint density at radius 2 is 2.03 bits per heavy atom. The number of pyridine rings is 3. The third-order valence-corrected chi connectivity index (χ3v) is 6.53. The Morgan fingerprint density at radius 3 is 2.81 bits per heavy atom. The molecule has 4 aromatic rings. The van der Waals surface area contributed by atoms with Crippen LogP contribution in [0.25, 0.3) is 11.0 Å². The topological polar surface area (TPSA) is 110 Å². The molecule has 0 spiro atoms. The number of carboxylic acid groups (broad SMARTS) is 1. The molecule has 0 saturated carbocycles. The summed E-state index contributed by atoms with van der Waals surface area (Å²) in [5, 5.41) is 10.5. The minimum Gasteiger partial charge on any atom is -0.481 e. The number of amides is 1. The summed E-state index contributed by atoms with van der Waals surface area (Å²) in [6.07, 6.45) is 7.69. The number of carbonyl (C=O) groups excluding carboxylic acids is 1. The van der Waals surface area contributed by atoms with Crippen molar-refractivity contribution < 1.29 is 19.4 Å². The van der Waals surface area contributed by atoms with Gasteiger partial charge in [-0.15, -0.1) is 0 Å². The SMILES string of the molecule is COc1ccc(C(CC(=O)O)N2CCn3cc(CCCc4ccc5cccnc5n4)cc3C2=O)cn1. The summed E-state index contributed by atoms with van der Waals surface area (Å²) in [6.45, 7) is 1.04. The zero-order valence-electron chi connectivity index (χ0n) is 20.0. The number of nitrogens with zero attached hydrogens (tertiary/aromatic N) is 5. The lowest BCUT2D eigenvalue weighted by Gasteiger charge is -2.34. The fourth-order valence-corrected chi connectivity index (χ4v) is 4.72. The van der Waals surface area contributed by atoms with Crippen molar-refractivity contribution >= 4 is 22.9 Å². The van der Waals surface area contributed by atoms with E-state index in [9.17, 15) is 14.7 Å². The van der Waals surface area contributed by atoms with Gasteiger partial charge in [-0.3, -0.25) is 9.59 Å². The number of aliphatic carboxylic acids is 1. The summed E-state index contributed by atoms with van der Waals surface area (Å²) in [4.78, 5) is 39.8. The Kier molecular flexibility index (Phi) is 6.62. The molecule has 0 bridgehead atoms. The lowest BCUT2D eigenvalue weighted by atomic mass is 10.0. The number of methoxy groups -OCH3 is 1. The van der Waals surface area contributed by atoms with Crippen molar-refractivity contribution in [2.75, 3.05) is 13.7 Å². The van der Waals surface area contributed by atoms with Gasteiger partial charge in [-0.2, -0.15) is 0 Å². The van der Waals surface area contributed by atoms with Gasteiger partial charge < -0.3 is 19.3 Å². The molecule has 4 aromatic heterocycles. The van der Waals surface area contributed by atoms with Gasteiger partial charge in [0.25, 0.3) is 5.91 Å². The maximum absolute atomic E-state index is 13.4. The van der Waals surface area contributed by atoms with E-state index < -0.39 is 12.0 Å². The maximum Gasteiger partial charge on any atom is 0.305 e. The highest BCUT2D eigenvalue weighted by Gasteiger charge is 2.33. The van der Waals surface area contributed by atoms with Gasteiger partial charge in [-0.25, -0.2) is 15.0 Å². The standard InChI is InChI=1S/C27H27N5O4/c1-36-24-10-8-20(16-29-24)22(15-25(33)34)32-13-12-31-17-18(14-23(31)27(32)35)4-2-6-21-9-7-19-5-3-11-28-26(19)30-21/h3,5,7-11,14,16-17,22H,2,4,6,12-13,15H2,1H3,(H,33,34). The number of aryl methyl sites for hydroxylation is 2. The van der Waals surface area contributed by atoms with Crippen LogP contribution in [0.3, 0.4) is 0 Å². The summed E-state index contributed by atoms with van der Waals surface area (Å²) in [6, 6.07) is 12.7. The van der Waals surface area contributed by atoms with Gasteiger partial charge >= 0.3 is 5.97 Å². The Balaban J connectivity index is 1.28. The predicted octanol–water partition coefficient (Wildman–Crippen LogP) is 3.68. The third kappa shape index (κ3) is 4.91. The molecule has 1 atom stereocenters. The van der Waals surface area contributed by atoms with Gasteiger partial charge in [0.2, 0.25) is 5.88 Å². The zero-order chi connectivity index (χ0) is 25.1. The van der Waals surface area contributed by atoms with Gasteiger partial charge in [0.05, 0.1) is 19.6 Å². The van der Waals surface area contributed by atoms with Crippen LogP contribution >= 0.6 is 0 Å². The van der Waals surface area contributed by atoms with Gasteiger partial charge in [0.1, 0.15) is 5.69 Å². The Bertz CT molecular complexity index is 1400. The Hall–Kier alpha value is -4.27. The quantitative estimate of drug-likeness (QED) is 0.385. The highest BCUT2D eigenvalue weighted by Crippen LogP contribution is 2.30. The molecule has 1 amide bonds. The van der Waals surface area contributed by atoms with Gasteiger partial charge in [-0.1, -0.05) is 6.07 Å². The molecular weight excluding hydrogens is 458 g/mol. The molecule has 184 valence electrons. The van der Waals surface area contributed by atoms with Crippen LogP contribution in [0.1, 0.15) is 46.2 Å². The first-order chi connectivity index (χ1) is 17.5. The number of carboxylic acids is 1. The minimum absolute atomic E-state index is 0.170. The molecule has 9 heteroatoms. The average Bonchev–Trinajstić information content (AvgIpc) is 3.32. The van der Waals surface area contributed by atoms with Crippen LogP contribution in [0, 0.1) is 0 Å². The highest BCUT2D eigenvalue weighted by atomic mass is 16.5. The molecule has 36 heavy (non-hydrogen) atoms. The maximum atomic E-state index is 13.4. The molecule has 1 unspecified atom stereocenters. The van der Waals surface area contributed by atoms with Crippen molar-refractivity contribution in [1.82, 2.24) is 24.4 Å². The smallest absolute Gasteiger partial charge is 0.305 e. The number of ether oxygens (including phenoxy) is 1. The van der Waals surface area contributed by atoms with E-state index in [-0.39, 0.29) is 12.3 Å². The Morgan fingerprint density at radius 1 is 1.14 bits per heavy atom. The molecule has 1 aliphatic rings. The van der Waals surface area contributed by atoms with E-state index in [1.807, 2.05) is 41.1 Å². The normalized spacial score (nSPS) is 14.0. The van der Waals surface area contributed by atoms with Gasteiger partial charge in [0, 0.05) is 48.8 Å². The first kappa shape index (κ1) is 23.5. The minimum atomic E-state index is -0.970. The number of aromatic nitrogens is 4. The Labute approximate surface area is 208 Å². The second-order valence-corrected chi connectivity index (χ2v) is 8.88. The van der Waals surface area contributed by atoms with Crippen molar-refractivity contribution in [2.45, 2.75) is 38.3 Å². The van der Waals surface area contributed by atoms with Gasteiger partial charge in [0.15, 0.2) is 5.65 Å². The second kappa shape index (κ2) is 10.2. The summed E-state index contributed by atoms with van der Waals surface area (Å²) in [7, 11) is 1.52. The van der Waals surface area contributed by atoms with Crippen LogP contribution in [0.5, 0.6) is 5.88 Å². The van der Waals surface area contributed by atoms with Crippen LogP contribution < -0.4 is 4.74 Å². The highest BCUT2D eigenvalue weighted by molar-refractivity contribution is 5.94. The lowest BCUT2D eigenvalue weighted by molar-refractivity contribution is -0.138. The number of hydrogen-bond donors (Lipinski definition) is 1. The molecule has 0 fully saturated rings. The van der Waals surface area contributed by atoms with E-state index in [4.69, 9.17) is 4.74 Å². The fourth-order valence-electron chi connectivity index (χ4n) is 4.72. The van der Waals surface area contributed by atoms with E-state index >= 15 is 0 Å². The molecule has 1 aliphatic heterocycles. The lowest BCUT2D eigenvalue weighted by Crippen LogP contribution is -2.43. The molecular formula is C27H27N5O4. The van der Waals surface area contributed by atoms with Crippen LogP contribution in [0.2, 0.25) is 0 Å². The first-order valence-corrected chi connectivity index (χ1v) is 11.9. The number of rotatable bonds is 9. The van der Waals surface area contributed by atoms with E-state index in [2.05, 4.69) is 15.0 Å². The summed E-state index contributed by atoms with van der Waals surface area (Å²) in [5.41, 5.74) is 4.09. The third-order valence-electron chi connectivity index (χ3n) is 6.53. The van der Waals surface area contributed by atoms with Crippen molar-refractivity contribution in [1.29, 1.82) is 0 Å². The van der Waals surface area contributed by atoms with E-state index in [0.717, 1.165) is 41.6 Å².